The quantitative estimate of drug-likeness (QED) is 0.417. The van der Waals surface area contributed by atoms with Gasteiger partial charge in [-0.1, -0.05) is 6.07 Å². The second-order valence-corrected chi connectivity index (χ2v) is 6.04. The molecule has 104 valence electrons. The van der Waals surface area contributed by atoms with Gasteiger partial charge in [-0.15, -0.1) is 0 Å². The van der Waals surface area contributed by atoms with Crippen LogP contribution in [0.25, 0.3) is 0 Å². The van der Waals surface area contributed by atoms with Crippen LogP contribution < -0.4 is 5.32 Å². The normalized spacial score (nSPS) is 10.3. The van der Waals surface area contributed by atoms with Crippen molar-refractivity contribution in [1.82, 2.24) is 0 Å². The molecule has 0 unspecified atom stereocenters. The van der Waals surface area contributed by atoms with Crippen molar-refractivity contribution in [3.8, 4) is 0 Å². The van der Waals surface area contributed by atoms with Crippen LogP contribution >= 0.6 is 38.5 Å². The summed E-state index contributed by atoms with van der Waals surface area (Å²) in [6, 6.07) is 9.38. The molecule has 0 fully saturated rings. The van der Waals surface area contributed by atoms with Crippen molar-refractivity contribution in [1.29, 1.82) is 0 Å². The predicted molar refractivity (Wildman–Crippen MR) is 87.2 cm³/mol. The summed E-state index contributed by atoms with van der Waals surface area (Å²) in [5.41, 5.74) is 1.59. The Bertz CT molecular complexity index is 667. The van der Waals surface area contributed by atoms with Crippen LogP contribution in [0.2, 0.25) is 0 Å². The van der Waals surface area contributed by atoms with Gasteiger partial charge in [0.25, 0.3) is 5.69 Å². The Morgan fingerprint density at radius 1 is 1.30 bits per heavy atom. The number of hydrogen-bond donors (Lipinski definition) is 1. The minimum atomic E-state index is -0.435. The summed E-state index contributed by atoms with van der Waals surface area (Å²) in [7, 11) is 0. The molecule has 0 saturated carbocycles. The van der Waals surface area contributed by atoms with Gasteiger partial charge in [0.2, 0.25) is 0 Å². The van der Waals surface area contributed by atoms with Crippen molar-refractivity contribution >= 4 is 49.9 Å². The summed E-state index contributed by atoms with van der Waals surface area (Å²) >= 11 is 5.17. The molecule has 0 aliphatic carbocycles. The lowest BCUT2D eigenvalue weighted by atomic mass is 10.2. The van der Waals surface area contributed by atoms with Crippen LogP contribution in [0.1, 0.15) is 5.56 Å². The van der Waals surface area contributed by atoms with Gasteiger partial charge in [0.15, 0.2) is 0 Å². The first kappa shape index (κ1) is 15.2. The molecule has 20 heavy (non-hydrogen) atoms. The van der Waals surface area contributed by atoms with Gasteiger partial charge < -0.3 is 5.32 Å². The Labute approximate surface area is 136 Å². The van der Waals surface area contributed by atoms with E-state index in [4.69, 9.17) is 0 Å². The highest BCUT2D eigenvalue weighted by Crippen LogP contribution is 2.26. The molecule has 0 atom stereocenters. The monoisotopic (exact) mass is 450 g/mol. The predicted octanol–water partition coefficient (Wildman–Crippen LogP) is 4.71. The first-order valence-corrected chi connectivity index (χ1v) is 7.46. The number of rotatable bonds is 4. The molecule has 0 amide bonds. The van der Waals surface area contributed by atoms with Gasteiger partial charge in [-0.25, -0.2) is 4.39 Å². The summed E-state index contributed by atoms with van der Waals surface area (Å²) < 4.78 is 14.2. The zero-order valence-electron chi connectivity index (χ0n) is 10.1. The van der Waals surface area contributed by atoms with E-state index in [1.54, 1.807) is 18.2 Å². The van der Waals surface area contributed by atoms with E-state index in [0.29, 0.717) is 11.0 Å². The molecule has 7 heteroatoms. The number of nitro groups is 1. The topological polar surface area (TPSA) is 55.2 Å². The van der Waals surface area contributed by atoms with Gasteiger partial charge in [0.1, 0.15) is 5.82 Å². The van der Waals surface area contributed by atoms with Gasteiger partial charge in [0, 0.05) is 21.9 Å². The largest absolute Gasteiger partial charge is 0.380 e. The fourth-order valence-corrected chi connectivity index (χ4v) is 2.70. The number of anilines is 1. The molecule has 1 N–H and O–H groups in total. The minimum Gasteiger partial charge on any atom is -0.380 e. The van der Waals surface area contributed by atoms with Crippen LogP contribution in [0.15, 0.2) is 40.9 Å². The van der Waals surface area contributed by atoms with Crippen molar-refractivity contribution in [3.05, 3.63) is 65.9 Å². The highest BCUT2D eigenvalue weighted by atomic mass is 127. The average Bonchev–Trinajstić information content (AvgIpc) is 2.39. The highest BCUT2D eigenvalue weighted by molar-refractivity contribution is 14.1. The van der Waals surface area contributed by atoms with Crippen molar-refractivity contribution in [2.45, 2.75) is 6.54 Å². The summed E-state index contributed by atoms with van der Waals surface area (Å²) in [4.78, 5) is 10.4. The minimum absolute atomic E-state index is 0.0260. The number of halogens is 3. The molecule has 2 rings (SSSR count). The maximum absolute atomic E-state index is 13.0. The van der Waals surface area contributed by atoms with E-state index >= 15 is 0 Å². The lowest BCUT2D eigenvalue weighted by molar-refractivity contribution is -0.385. The van der Waals surface area contributed by atoms with E-state index in [1.807, 2.05) is 22.6 Å². The first-order valence-electron chi connectivity index (χ1n) is 5.59. The number of nitrogens with zero attached hydrogens (tertiary/aromatic N) is 1. The zero-order valence-corrected chi connectivity index (χ0v) is 13.8. The second-order valence-electron chi connectivity index (χ2n) is 4.02. The van der Waals surface area contributed by atoms with E-state index in [-0.39, 0.29) is 11.5 Å². The Kier molecular flexibility index (Phi) is 4.92. The second kappa shape index (κ2) is 6.49. The van der Waals surface area contributed by atoms with Crippen molar-refractivity contribution in [3.63, 3.8) is 0 Å². The first-order chi connectivity index (χ1) is 9.47. The Morgan fingerprint density at radius 2 is 2.05 bits per heavy atom. The third-order valence-electron chi connectivity index (χ3n) is 2.62. The Balaban J connectivity index is 2.15. The van der Waals surface area contributed by atoms with Gasteiger partial charge in [0.05, 0.1) is 9.40 Å². The molecule has 0 bridgehead atoms. The van der Waals surface area contributed by atoms with Crippen LogP contribution in [0, 0.1) is 19.5 Å². The van der Waals surface area contributed by atoms with E-state index in [0.717, 1.165) is 14.8 Å². The highest BCUT2D eigenvalue weighted by Gasteiger charge is 2.12. The van der Waals surface area contributed by atoms with Crippen molar-refractivity contribution in [2.75, 3.05) is 5.32 Å². The standard InChI is InChI=1S/C13H9BrFIN2O2/c14-10-3-1-8(5-13(10)18(19)20)7-17-12-4-2-9(15)6-11(12)16/h1-6,17H,7H2. The van der Waals surface area contributed by atoms with E-state index in [2.05, 4.69) is 21.2 Å². The number of nitrogens with one attached hydrogen (secondary N) is 1. The number of nitro benzene ring substituents is 1. The SMILES string of the molecule is O=[N+]([O-])c1cc(CNc2ccc(F)cc2I)ccc1Br. The molecule has 0 aliphatic heterocycles. The van der Waals surface area contributed by atoms with Crippen LogP contribution in [-0.2, 0) is 6.54 Å². The number of hydrogen-bond acceptors (Lipinski definition) is 3. The van der Waals surface area contributed by atoms with E-state index < -0.39 is 4.92 Å². The van der Waals surface area contributed by atoms with Gasteiger partial charge in [-0.05, 0) is 68.3 Å². The lowest BCUT2D eigenvalue weighted by Crippen LogP contribution is -2.02. The molecule has 0 aromatic heterocycles. The maximum Gasteiger partial charge on any atom is 0.283 e. The summed E-state index contributed by atoms with van der Waals surface area (Å²) in [6.45, 7) is 0.426. The molecule has 0 radical (unpaired) electrons. The van der Waals surface area contributed by atoms with Gasteiger partial charge in [-0.2, -0.15) is 0 Å². The summed E-state index contributed by atoms with van der Waals surface area (Å²) in [5.74, 6) is -0.292. The van der Waals surface area contributed by atoms with Crippen LogP contribution in [-0.4, -0.2) is 4.92 Å². The third kappa shape index (κ3) is 3.66. The van der Waals surface area contributed by atoms with Crippen molar-refractivity contribution in [2.24, 2.45) is 0 Å². The third-order valence-corrected chi connectivity index (χ3v) is 4.18. The molecule has 2 aromatic carbocycles. The maximum atomic E-state index is 13.0. The molecular weight excluding hydrogens is 442 g/mol. The molecule has 0 heterocycles. The zero-order chi connectivity index (χ0) is 14.7. The smallest absolute Gasteiger partial charge is 0.283 e. The molecule has 0 spiro atoms. The fraction of sp³-hybridized carbons (Fsp3) is 0.0769. The van der Waals surface area contributed by atoms with Crippen molar-refractivity contribution < 1.29 is 9.31 Å². The van der Waals surface area contributed by atoms with E-state index in [9.17, 15) is 14.5 Å². The van der Waals surface area contributed by atoms with Crippen LogP contribution in [0.3, 0.4) is 0 Å². The fourth-order valence-electron chi connectivity index (χ4n) is 1.64. The lowest BCUT2D eigenvalue weighted by Gasteiger charge is -2.09. The Morgan fingerprint density at radius 3 is 2.70 bits per heavy atom. The average molecular weight is 451 g/mol. The van der Waals surface area contributed by atoms with E-state index in [1.165, 1.54) is 18.2 Å². The molecular formula is C13H9BrFIN2O2. The van der Waals surface area contributed by atoms with Crippen LogP contribution in [0.4, 0.5) is 15.8 Å². The molecule has 2 aromatic rings. The molecule has 0 aliphatic rings. The summed E-state index contributed by atoms with van der Waals surface area (Å²) in [6.07, 6.45) is 0. The summed E-state index contributed by atoms with van der Waals surface area (Å²) in [5, 5.41) is 14.0. The molecule has 0 saturated heterocycles. The Hall–Kier alpha value is -1.22. The van der Waals surface area contributed by atoms with Gasteiger partial charge in [-0.3, -0.25) is 10.1 Å². The number of benzene rings is 2. The molecule has 4 nitrogen and oxygen atoms in total. The van der Waals surface area contributed by atoms with Gasteiger partial charge >= 0.3 is 0 Å². The van der Waals surface area contributed by atoms with Crippen LogP contribution in [0.5, 0.6) is 0 Å².